The third-order valence-electron chi connectivity index (χ3n) is 2.42. The van der Waals surface area contributed by atoms with Gasteiger partial charge >= 0.3 is 6.01 Å². The number of likely N-dealkylation sites (N-methyl/N-ethyl adjacent to an activating group) is 1. The Morgan fingerprint density at radius 3 is 2.39 bits per heavy atom. The molecule has 0 aliphatic carbocycles. The molecule has 18 heavy (non-hydrogen) atoms. The Kier molecular flexibility index (Phi) is 5.84. The van der Waals surface area contributed by atoms with Gasteiger partial charge in [-0.2, -0.15) is 0 Å². The Labute approximate surface area is 108 Å². The van der Waals surface area contributed by atoms with Crippen molar-refractivity contribution in [2.45, 2.75) is 20.8 Å². The minimum Gasteiger partial charge on any atom is -0.464 e. The van der Waals surface area contributed by atoms with Crippen molar-refractivity contribution in [3.8, 4) is 6.01 Å². The van der Waals surface area contributed by atoms with Crippen molar-refractivity contribution in [1.82, 2.24) is 14.9 Å². The van der Waals surface area contributed by atoms with Crippen LogP contribution >= 0.6 is 0 Å². The van der Waals surface area contributed by atoms with Gasteiger partial charge in [-0.25, -0.2) is 9.97 Å². The first-order chi connectivity index (χ1) is 8.71. The summed E-state index contributed by atoms with van der Waals surface area (Å²) in [4.78, 5) is 21.5. The van der Waals surface area contributed by atoms with Gasteiger partial charge in [0.2, 0.25) is 5.91 Å². The zero-order chi connectivity index (χ0) is 13.4. The second-order valence-electron chi connectivity index (χ2n) is 3.58. The molecule has 1 rings (SSSR count). The first-order valence-corrected chi connectivity index (χ1v) is 6.13. The molecular formula is C13H19N3O2. The fourth-order valence-corrected chi connectivity index (χ4v) is 1.42. The van der Waals surface area contributed by atoms with Crippen molar-refractivity contribution in [2.75, 3.05) is 19.7 Å². The maximum Gasteiger partial charge on any atom is 0.316 e. The summed E-state index contributed by atoms with van der Waals surface area (Å²) in [5.41, 5.74) is 0.777. The van der Waals surface area contributed by atoms with Gasteiger partial charge in [-0.1, -0.05) is 0 Å². The summed E-state index contributed by atoms with van der Waals surface area (Å²) in [6, 6.07) is 0.352. The van der Waals surface area contributed by atoms with Crippen molar-refractivity contribution in [3.63, 3.8) is 0 Å². The minimum absolute atomic E-state index is 0.00566. The lowest BCUT2D eigenvalue weighted by Crippen LogP contribution is -2.28. The Bertz CT molecular complexity index is 397. The number of amides is 1. The molecule has 0 atom stereocenters. The summed E-state index contributed by atoms with van der Waals surface area (Å²) in [7, 11) is 0. The van der Waals surface area contributed by atoms with Crippen molar-refractivity contribution in [1.29, 1.82) is 0 Å². The number of nitrogens with zero attached hydrogens (tertiary/aromatic N) is 3. The average molecular weight is 249 g/mol. The van der Waals surface area contributed by atoms with Crippen LogP contribution in [0.25, 0.3) is 6.08 Å². The predicted octanol–water partition coefficient (Wildman–Crippen LogP) is 1.76. The van der Waals surface area contributed by atoms with Crippen LogP contribution in [-0.4, -0.2) is 40.5 Å². The Balaban J connectivity index is 2.63. The van der Waals surface area contributed by atoms with Crippen LogP contribution < -0.4 is 4.74 Å². The molecule has 1 heterocycles. The summed E-state index contributed by atoms with van der Waals surface area (Å²) in [6.45, 7) is 7.74. The van der Waals surface area contributed by atoms with Crippen molar-refractivity contribution < 1.29 is 9.53 Å². The number of rotatable bonds is 6. The number of carbonyl (C=O) groups excluding carboxylic acids is 1. The Morgan fingerprint density at radius 2 is 1.89 bits per heavy atom. The van der Waals surface area contributed by atoms with E-state index < -0.39 is 0 Å². The molecule has 0 spiro atoms. The molecule has 0 N–H and O–H groups in total. The highest BCUT2D eigenvalue weighted by atomic mass is 16.5. The zero-order valence-electron chi connectivity index (χ0n) is 11.1. The quantitative estimate of drug-likeness (QED) is 0.721. The van der Waals surface area contributed by atoms with Crippen molar-refractivity contribution in [3.05, 3.63) is 24.0 Å². The number of hydrogen-bond donors (Lipinski definition) is 0. The SMILES string of the molecule is CCOc1ncc(/C=C/C(=O)N(CC)CC)cn1. The third kappa shape index (κ3) is 4.16. The average Bonchev–Trinajstić information content (AvgIpc) is 2.40. The molecule has 0 unspecified atom stereocenters. The molecule has 0 bridgehead atoms. The first kappa shape index (κ1) is 14.2. The second kappa shape index (κ2) is 7.42. The van der Waals surface area contributed by atoms with E-state index in [0.29, 0.717) is 25.7 Å². The summed E-state index contributed by atoms with van der Waals surface area (Å²) >= 11 is 0. The van der Waals surface area contributed by atoms with Gasteiger partial charge in [-0.05, 0) is 26.8 Å². The molecule has 5 nitrogen and oxygen atoms in total. The van der Waals surface area contributed by atoms with E-state index in [9.17, 15) is 4.79 Å². The lowest BCUT2D eigenvalue weighted by atomic mass is 10.3. The van der Waals surface area contributed by atoms with Gasteiger partial charge in [0.25, 0.3) is 0 Å². The van der Waals surface area contributed by atoms with Crippen molar-refractivity contribution in [2.24, 2.45) is 0 Å². The van der Waals surface area contributed by atoms with Gasteiger partial charge < -0.3 is 9.64 Å². The van der Waals surface area contributed by atoms with Crippen LogP contribution in [0, 0.1) is 0 Å². The number of ether oxygens (including phenoxy) is 1. The molecule has 1 aromatic heterocycles. The van der Waals surface area contributed by atoms with Gasteiger partial charge in [-0.15, -0.1) is 0 Å². The molecule has 0 saturated carbocycles. The molecule has 0 fully saturated rings. The molecule has 98 valence electrons. The number of hydrogen-bond acceptors (Lipinski definition) is 4. The molecule has 0 aliphatic heterocycles. The fraction of sp³-hybridized carbons (Fsp3) is 0.462. The second-order valence-corrected chi connectivity index (χ2v) is 3.58. The van der Waals surface area contributed by atoms with Crippen LogP contribution in [0.3, 0.4) is 0 Å². The molecule has 1 aromatic rings. The van der Waals surface area contributed by atoms with E-state index in [2.05, 4.69) is 9.97 Å². The highest BCUT2D eigenvalue weighted by Gasteiger charge is 2.04. The normalized spacial score (nSPS) is 10.6. The van der Waals surface area contributed by atoms with E-state index >= 15 is 0 Å². The lowest BCUT2D eigenvalue weighted by molar-refractivity contribution is -0.125. The summed E-state index contributed by atoms with van der Waals surface area (Å²) in [5.74, 6) is -0.00566. The van der Waals surface area contributed by atoms with Gasteiger partial charge in [0.15, 0.2) is 0 Å². The van der Waals surface area contributed by atoms with E-state index in [-0.39, 0.29) is 5.91 Å². The lowest BCUT2D eigenvalue weighted by Gasteiger charge is -2.15. The highest BCUT2D eigenvalue weighted by Crippen LogP contribution is 2.04. The molecule has 0 saturated heterocycles. The van der Waals surface area contributed by atoms with Gasteiger partial charge in [0.1, 0.15) is 0 Å². The first-order valence-electron chi connectivity index (χ1n) is 6.13. The smallest absolute Gasteiger partial charge is 0.316 e. The largest absolute Gasteiger partial charge is 0.464 e. The van der Waals surface area contributed by atoms with E-state index in [4.69, 9.17) is 4.74 Å². The topological polar surface area (TPSA) is 55.3 Å². The van der Waals surface area contributed by atoms with Gasteiger partial charge in [0.05, 0.1) is 6.61 Å². The van der Waals surface area contributed by atoms with Crippen LogP contribution in [0.5, 0.6) is 6.01 Å². The molecular weight excluding hydrogens is 230 g/mol. The minimum atomic E-state index is -0.00566. The van der Waals surface area contributed by atoms with Crippen LogP contribution in [0.15, 0.2) is 18.5 Å². The summed E-state index contributed by atoms with van der Waals surface area (Å²) in [5, 5.41) is 0. The van der Waals surface area contributed by atoms with E-state index in [1.807, 2.05) is 20.8 Å². The van der Waals surface area contributed by atoms with Crippen LogP contribution in [0.2, 0.25) is 0 Å². The number of carbonyl (C=O) groups is 1. The predicted molar refractivity (Wildman–Crippen MR) is 70.2 cm³/mol. The van der Waals surface area contributed by atoms with Crippen LogP contribution in [-0.2, 0) is 4.79 Å². The highest BCUT2D eigenvalue weighted by molar-refractivity contribution is 5.91. The third-order valence-corrected chi connectivity index (χ3v) is 2.42. The molecule has 0 radical (unpaired) electrons. The van der Waals surface area contributed by atoms with E-state index in [1.165, 1.54) is 6.08 Å². The summed E-state index contributed by atoms with van der Waals surface area (Å²) in [6.07, 6.45) is 6.50. The van der Waals surface area contributed by atoms with Gasteiger partial charge in [-0.3, -0.25) is 4.79 Å². The zero-order valence-corrected chi connectivity index (χ0v) is 11.1. The standard InChI is InChI=1S/C13H19N3O2/c1-4-16(5-2)12(17)8-7-11-9-14-13(15-10-11)18-6-3/h7-10H,4-6H2,1-3H3/b8-7+. The van der Waals surface area contributed by atoms with Crippen LogP contribution in [0.1, 0.15) is 26.3 Å². The van der Waals surface area contributed by atoms with E-state index in [1.54, 1.807) is 23.4 Å². The number of aromatic nitrogens is 2. The molecule has 5 heteroatoms. The Morgan fingerprint density at radius 1 is 1.28 bits per heavy atom. The monoisotopic (exact) mass is 249 g/mol. The van der Waals surface area contributed by atoms with Crippen LogP contribution in [0.4, 0.5) is 0 Å². The summed E-state index contributed by atoms with van der Waals surface area (Å²) < 4.78 is 5.14. The molecule has 0 aliphatic rings. The van der Waals surface area contributed by atoms with Crippen molar-refractivity contribution >= 4 is 12.0 Å². The maximum atomic E-state index is 11.7. The van der Waals surface area contributed by atoms with Gasteiger partial charge in [0, 0.05) is 37.1 Å². The fourth-order valence-electron chi connectivity index (χ4n) is 1.42. The molecule has 0 aromatic carbocycles. The van der Waals surface area contributed by atoms with E-state index in [0.717, 1.165) is 5.56 Å². The molecule has 1 amide bonds. The maximum absolute atomic E-state index is 11.7. The Hall–Kier alpha value is -1.91.